The van der Waals surface area contributed by atoms with Gasteiger partial charge in [-0.3, -0.25) is 4.79 Å². The van der Waals surface area contributed by atoms with Crippen molar-refractivity contribution in [2.24, 2.45) is 0 Å². The summed E-state index contributed by atoms with van der Waals surface area (Å²) in [6.45, 7) is 2.08. The average Bonchev–Trinajstić information content (AvgIpc) is 2.28. The largest absolute Gasteiger partial charge is 0.465 e. The smallest absolute Gasteiger partial charge is 0.321 e. The van der Waals surface area contributed by atoms with E-state index in [1.165, 1.54) is 0 Å². The fourth-order valence-electron chi connectivity index (χ4n) is 1.17. The number of halogens is 1. The summed E-state index contributed by atoms with van der Waals surface area (Å²) in [6.07, 6.45) is -0.814. The van der Waals surface area contributed by atoms with Gasteiger partial charge in [-0.25, -0.2) is 0 Å². The molecule has 0 bridgehead atoms. The van der Waals surface area contributed by atoms with Crippen LogP contribution in [0, 0.1) is 0 Å². The zero-order valence-electron chi connectivity index (χ0n) is 8.39. The van der Waals surface area contributed by atoms with E-state index in [1.807, 2.05) is 40.8 Å². The summed E-state index contributed by atoms with van der Waals surface area (Å²) in [4.78, 5) is 11.4. The van der Waals surface area contributed by atoms with Crippen LogP contribution in [0.4, 0.5) is 0 Å². The molecule has 0 heterocycles. The van der Waals surface area contributed by atoms with Crippen LogP contribution in [-0.2, 0) is 9.53 Å². The van der Waals surface area contributed by atoms with Crippen molar-refractivity contribution < 1.29 is 14.6 Å². The fourth-order valence-corrected chi connectivity index (χ4v) is 1.76. The van der Waals surface area contributed by atoms with E-state index in [0.717, 1.165) is 5.56 Å². The third-order valence-electron chi connectivity index (χ3n) is 1.93. The summed E-state index contributed by atoms with van der Waals surface area (Å²) in [5.74, 6) is -0.380. The molecule has 0 aliphatic rings. The molecular weight excluding hydrogens is 307 g/mol. The average molecular weight is 320 g/mol. The van der Waals surface area contributed by atoms with Gasteiger partial charge in [0.15, 0.2) is 0 Å². The van der Waals surface area contributed by atoms with Gasteiger partial charge in [-0.15, -0.1) is 0 Å². The first-order valence-corrected chi connectivity index (χ1v) is 5.95. The molecule has 0 saturated carbocycles. The molecule has 4 heteroatoms. The summed E-state index contributed by atoms with van der Waals surface area (Å²) in [7, 11) is 0. The Morgan fingerprint density at radius 1 is 1.47 bits per heavy atom. The van der Waals surface area contributed by atoms with Gasteiger partial charge in [0, 0.05) is 0 Å². The first-order valence-electron chi connectivity index (χ1n) is 4.70. The zero-order chi connectivity index (χ0) is 11.3. The molecule has 0 unspecified atom stereocenters. The highest BCUT2D eigenvalue weighted by atomic mass is 127. The van der Waals surface area contributed by atoms with Crippen LogP contribution in [0.25, 0.3) is 0 Å². The van der Waals surface area contributed by atoms with Crippen LogP contribution in [-0.4, -0.2) is 21.6 Å². The Labute approximate surface area is 103 Å². The number of alkyl halides is 1. The molecule has 15 heavy (non-hydrogen) atoms. The van der Waals surface area contributed by atoms with E-state index in [9.17, 15) is 9.90 Å². The molecule has 0 amide bonds. The molecule has 0 radical (unpaired) electrons. The Kier molecular flexibility index (Phi) is 5.04. The highest BCUT2D eigenvalue weighted by molar-refractivity contribution is 14.1. The topological polar surface area (TPSA) is 46.5 Å². The number of carbonyl (C=O) groups is 1. The predicted molar refractivity (Wildman–Crippen MR) is 65.8 cm³/mol. The number of esters is 1. The van der Waals surface area contributed by atoms with E-state index in [1.54, 1.807) is 19.1 Å². The lowest BCUT2D eigenvalue weighted by atomic mass is 10.1. The lowest BCUT2D eigenvalue weighted by Crippen LogP contribution is -2.24. The van der Waals surface area contributed by atoms with Crippen LogP contribution in [0.15, 0.2) is 30.3 Å². The van der Waals surface area contributed by atoms with Crippen LogP contribution < -0.4 is 0 Å². The first kappa shape index (κ1) is 12.4. The molecule has 0 fully saturated rings. The molecule has 3 nitrogen and oxygen atoms in total. The van der Waals surface area contributed by atoms with Gasteiger partial charge < -0.3 is 9.84 Å². The van der Waals surface area contributed by atoms with E-state index >= 15 is 0 Å². The number of hydrogen-bond acceptors (Lipinski definition) is 3. The molecule has 0 aliphatic heterocycles. The first-order chi connectivity index (χ1) is 7.16. The number of hydrogen-bond donors (Lipinski definition) is 1. The van der Waals surface area contributed by atoms with Crippen molar-refractivity contribution in [1.29, 1.82) is 0 Å². The van der Waals surface area contributed by atoms with Crippen LogP contribution in [0.3, 0.4) is 0 Å². The van der Waals surface area contributed by atoms with E-state index in [0.29, 0.717) is 6.61 Å². The Morgan fingerprint density at radius 3 is 2.60 bits per heavy atom. The van der Waals surface area contributed by atoms with E-state index in [-0.39, 0.29) is 5.97 Å². The van der Waals surface area contributed by atoms with Crippen molar-refractivity contribution in [3.05, 3.63) is 35.9 Å². The summed E-state index contributed by atoms with van der Waals surface area (Å²) in [6, 6.07) is 9.09. The number of aliphatic hydroxyl groups is 1. The summed E-state index contributed by atoms with van der Waals surface area (Å²) >= 11 is 1.90. The molecule has 1 rings (SSSR count). The maximum Gasteiger partial charge on any atom is 0.321 e. The van der Waals surface area contributed by atoms with Gasteiger partial charge in [0.2, 0.25) is 0 Å². The third-order valence-corrected chi connectivity index (χ3v) is 3.12. The third kappa shape index (κ3) is 3.46. The second-order valence-electron chi connectivity index (χ2n) is 3.01. The SMILES string of the molecule is CCOC(=O)[C@H](I)[C@H](O)c1ccccc1. The van der Waals surface area contributed by atoms with Gasteiger partial charge in [0.1, 0.15) is 10.0 Å². The molecule has 1 N–H and O–H groups in total. The van der Waals surface area contributed by atoms with Gasteiger partial charge in [0.05, 0.1) is 6.61 Å². The number of aliphatic hydroxyl groups excluding tert-OH is 1. The minimum atomic E-state index is -0.814. The van der Waals surface area contributed by atoms with Gasteiger partial charge >= 0.3 is 5.97 Å². The predicted octanol–water partition coefficient (Wildman–Crippen LogP) is 2.09. The van der Waals surface area contributed by atoms with E-state index < -0.39 is 10.0 Å². The number of carbonyl (C=O) groups excluding carboxylic acids is 1. The Hall–Kier alpha value is -0.620. The maximum absolute atomic E-state index is 11.4. The van der Waals surface area contributed by atoms with E-state index in [4.69, 9.17) is 4.74 Å². The molecule has 0 spiro atoms. The molecular formula is C11H13IO3. The number of ether oxygens (including phenoxy) is 1. The molecule has 2 atom stereocenters. The van der Waals surface area contributed by atoms with Gasteiger partial charge in [-0.2, -0.15) is 0 Å². The van der Waals surface area contributed by atoms with Crippen LogP contribution in [0.2, 0.25) is 0 Å². The summed E-state index contributed by atoms with van der Waals surface area (Å²) in [5, 5.41) is 9.88. The highest BCUT2D eigenvalue weighted by Gasteiger charge is 2.25. The minimum absolute atomic E-state index is 0.333. The number of benzene rings is 1. The van der Waals surface area contributed by atoms with Crippen molar-refractivity contribution in [1.82, 2.24) is 0 Å². The van der Waals surface area contributed by atoms with Gasteiger partial charge in [0.25, 0.3) is 0 Å². The van der Waals surface area contributed by atoms with Crippen molar-refractivity contribution in [2.75, 3.05) is 6.61 Å². The van der Waals surface area contributed by atoms with Gasteiger partial charge in [-0.05, 0) is 12.5 Å². The van der Waals surface area contributed by atoms with Crippen LogP contribution in [0.5, 0.6) is 0 Å². The summed E-state index contributed by atoms with van der Waals surface area (Å²) in [5.41, 5.74) is 0.727. The standard InChI is InChI=1S/C11H13IO3/c1-2-15-11(14)9(12)10(13)8-6-4-3-5-7-8/h3-7,9-10,13H,2H2,1H3/t9-,10-/m1/s1. The monoisotopic (exact) mass is 320 g/mol. The molecule has 1 aromatic carbocycles. The molecule has 82 valence electrons. The lowest BCUT2D eigenvalue weighted by molar-refractivity contribution is -0.144. The Balaban J connectivity index is 2.68. The molecule has 1 aromatic rings. The second kappa shape index (κ2) is 6.07. The van der Waals surface area contributed by atoms with Crippen molar-refractivity contribution >= 4 is 28.6 Å². The second-order valence-corrected chi connectivity index (χ2v) is 4.35. The van der Waals surface area contributed by atoms with Crippen LogP contribution in [0.1, 0.15) is 18.6 Å². The molecule has 0 saturated heterocycles. The van der Waals surface area contributed by atoms with E-state index in [2.05, 4.69) is 0 Å². The van der Waals surface area contributed by atoms with Crippen molar-refractivity contribution in [2.45, 2.75) is 17.0 Å². The highest BCUT2D eigenvalue weighted by Crippen LogP contribution is 2.23. The van der Waals surface area contributed by atoms with Crippen LogP contribution >= 0.6 is 22.6 Å². The van der Waals surface area contributed by atoms with Crippen molar-refractivity contribution in [3.63, 3.8) is 0 Å². The Bertz CT molecular complexity index is 313. The Morgan fingerprint density at radius 2 is 2.07 bits per heavy atom. The maximum atomic E-state index is 11.4. The fraction of sp³-hybridized carbons (Fsp3) is 0.364. The summed E-state index contributed by atoms with van der Waals surface area (Å²) < 4.78 is 4.27. The molecule has 0 aromatic heterocycles. The zero-order valence-corrected chi connectivity index (χ0v) is 10.5. The number of rotatable bonds is 4. The van der Waals surface area contributed by atoms with Gasteiger partial charge in [-0.1, -0.05) is 52.9 Å². The molecule has 0 aliphatic carbocycles. The normalized spacial score (nSPS) is 14.3. The quantitative estimate of drug-likeness (QED) is 0.525. The lowest BCUT2D eigenvalue weighted by Gasteiger charge is -2.16. The minimum Gasteiger partial charge on any atom is -0.465 e. The van der Waals surface area contributed by atoms with Crippen molar-refractivity contribution in [3.8, 4) is 0 Å².